The van der Waals surface area contributed by atoms with Crippen molar-refractivity contribution in [3.63, 3.8) is 0 Å². The molecule has 0 spiro atoms. The molecule has 2 heterocycles. The van der Waals surface area contributed by atoms with Gasteiger partial charge in [-0.3, -0.25) is 0 Å². The lowest BCUT2D eigenvalue weighted by molar-refractivity contribution is 1.89. The van der Waals surface area contributed by atoms with Gasteiger partial charge >= 0.3 is 0 Å². The Hall–Kier alpha value is -1.90. The third-order valence-corrected chi connectivity index (χ3v) is 5.74. The van der Waals surface area contributed by atoms with Gasteiger partial charge in [0.1, 0.15) is 0 Å². The average molecular weight is 290 g/mol. The van der Waals surface area contributed by atoms with E-state index < -0.39 is 0 Å². The van der Waals surface area contributed by atoms with Gasteiger partial charge < -0.3 is 0 Å². The van der Waals surface area contributed by atoms with Crippen molar-refractivity contribution < 1.29 is 0 Å². The quantitative estimate of drug-likeness (QED) is 0.289. The van der Waals surface area contributed by atoms with Crippen molar-refractivity contribution in [3.8, 4) is 0 Å². The Morgan fingerprint density at radius 3 is 1.90 bits per heavy atom. The van der Waals surface area contributed by atoms with Crippen molar-refractivity contribution in [2.24, 2.45) is 0 Å². The highest BCUT2D eigenvalue weighted by Gasteiger charge is 2.05. The van der Waals surface area contributed by atoms with Crippen LogP contribution in [0.4, 0.5) is 0 Å². The molecular formula is C18H10S2. The summed E-state index contributed by atoms with van der Waals surface area (Å²) in [6.45, 7) is 0. The topological polar surface area (TPSA) is 0 Å². The van der Waals surface area contributed by atoms with Crippen molar-refractivity contribution in [2.45, 2.75) is 0 Å². The SMILES string of the molecule is c1cc2cc3c(ccc4cc5ccsc5cc43)cc2s1. The molecule has 0 aliphatic heterocycles. The Balaban J connectivity index is 2.06. The van der Waals surface area contributed by atoms with Crippen LogP contribution in [0, 0.1) is 0 Å². The van der Waals surface area contributed by atoms with Crippen LogP contribution in [0.3, 0.4) is 0 Å². The molecule has 0 saturated carbocycles. The lowest BCUT2D eigenvalue weighted by atomic mass is 10.00. The van der Waals surface area contributed by atoms with E-state index in [9.17, 15) is 0 Å². The molecule has 5 aromatic rings. The van der Waals surface area contributed by atoms with Gasteiger partial charge in [-0.1, -0.05) is 12.1 Å². The molecule has 2 heteroatoms. The maximum Gasteiger partial charge on any atom is 0.0349 e. The van der Waals surface area contributed by atoms with E-state index in [1.807, 2.05) is 22.7 Å². The van der Waals surface area contributed by atoms with Crippen molar-refractivity contribution in [3.05, 3.63) is 59.3 Å². The van der Waals surface area contributed by atoms with E-state index in [1.165, 1.54) is 41.7 Å². The predicted octanol–water partition coefficient (Wildman–Crippen LogP) is 6.42. The van der Waals surface area contributed by atoms with Gasteiger partial charge in [-0.2, -0.15) is 0 Å². The molecule has 0 atom stereocenters. The Morgan fingerprint density at radius 2 is 1.10 bits per heavy atom. The first-order valence-electron chi connectivity index (χ1n) is 6.59. The van der Waals surface area contributed by atoms with Crippen LogP contribution < -0.4 is 0 Å². The van der Waals surface area contributed by atoms with Gasteiger partial charge in [0, 0.05) is 9.40 Å². The lowest BCUT2D eigenvalue weighted by Crippen LogP contribution is -1.78. The van der Waals surface area contributed by atoms with Crippen molar-refractivity contribution in [1.82, 2.24) is 0 Å². The molecule has 0 aliphatic rings. The Morgan fingerprint density at radius 1 is 0.500 bits per heavy atom. The van der Waals surface area contributed by atoms with E-state index in [0.717, 1.165) is 0 Å². The first-order valence-corrected chi connectivity index (χ1v) is 8.35. The number of benzene rings is 3. The number of hydrogen-bond acceptors (Lipinski definition) is 2. The molecule has 0 radical (unpaired) electrons. The van der Waals surface area contributed by atoms with Gasteiger partial charge in [0.15, 0.2) is 0 Å². The van der Waals surface area contributed by atoms with E-state index in [0.29, 0.717) is 0 Å². The van der Waals surface area contributed by atoms with Crippen LogP contribution in [0.1, 0.15) is 0 Å². The molecule has 3 aromatic carbocycles. The average Bonchev–Trinajstić information content (AvgIpc) is 3.10. The predicted molar refractivity (Wildman–Crippen MR) is 92.2 cm³/mol. The zero-order valence-electron chi connectivity index (χ0n) is 10.6. The molecule has 5 rings (SSSR count). The molecule has 0 bridgehead atoms. The molecule has 0 fully saturated rings. The Labute approximate surface area is 123 Å². The van der Waals surface area contributed by atoms with Crippen LogP contribution in [-0.4, -0.2) is 0 Å². The van der Waals surface area contributed by atoms with E-state index >= 15 is 0 Å². The zero-order chi connectivity index (χ0) is 13.1. The smallest absolute Gasteiger partial charge is 0.0349 e. The van der Waals surface area contributed by atoms with Crippen LogP contribution in [0.15, 0.2) is 59.3 Å². The largest absolute Gasteiger partial charge is 0.144 e. The molecule has 0 nitrogen and oxygen atoms in total. The second kappa shape index (κ2) is 3.81. The van der Waals surface area contributed by atoms with E-state index in [-0.39, 0.29) is 0 Å². The highest BCUT2D eigenvalue weighted by molar-refractivity contribution is 7.17. The molecular weight excluding hydrogens is 280 g/mol. The number of fused-ring (bicyclic) bond motifs is 5. The van der Waals surface area contributed by atoms with Crippen LogP contribution in [0.25, 0.3) is 41.7 Å². The molecule has 0 unspecified atom stereocenters. The van der Waals surface area contributed by atoms with E-state index in [2.05, 4.69) is 59.3 Å². The minimum absolute atomic E-state index is 1.33. The van der Waals surface area contributed by atoms with Gasteiger partial charge in [-0.05, 0) is 79.5 Å². The number of rotatable bonds is 0. The minimum Gasteiger partial charge on any atom is -0.144 e. The number of hydrogen-bond donors (Lipinski definition) is 0. The van der Waals surface area contributed by atoms with Gasteiger partial charge in [-0.25, -0.2) is 0 Å². The summed E-state index contributed by atoms with van der Waals surface area (Å²) in [5.41, 5.74) is 0. The van der Waals surface area contributed by atoms with Crippen LogP contribution >= 0.6 is 22.7 Å². The monoisotopic (exact) mass is 290 g/mol. The second-order valence-electron chi connectivity index (χ2n) is 5.13. The van der Waals surface area contributed by atoms with Gasteiger partial charge in [0.25, 0.3) is 0 Å². The maximum atomic E-state index is 2.34. The Bertz CT molecular complexity index is 1010. The molecule has 0 amide bonds. The van der Waals surface area contributed by atoms with Crippen molar-refractivity contribution in [2.75, 3.05) is 0 Å². The molecule has 0 aliphatic carbocycles. The summed E-state index contributed by atoms with van der Waals surface area (Å²) in [6, 6.07) is 18.2. The summed E-state index contributed by atoms with van der Waals surface area (Å²) >= 11 is 3.63. The first-order chi connectivity index (χ1) is 9.88. The number of thiophene rings is 2. The van der Waals surface area contributed by atoms with Crippen molar-refractivity contribution in [1.29, 1.82) is 0 Å². The second-order valence-corrected chi connectivity index (χ2v) is 7.02. The summed E-state index contributed by atoms with van der Waals surface area (Å²) in [5.74, 6) is 0. The summed E-state index contributed by atoms with van der Waals surface area (Å²) in [6.07, 6.45) is 0. The lowest BCUT2D eigenvalue weighted by Gasteiger charge is -2.05. The minimum atomic E-state index is 1.33. The summed E-state index contributed by atoms with van der Waals surface area (Å²) in [5, 5.41) is 12.4. The third kappa shape index (κ3) is 1.41. The highest BCUT2D eigenvalue weighted by Crippen LogP contribution is 2.34. The van der Waals surface area contributed by atoms with Gasteiger partial charge in [-0.15, -0.1) is 22.7 Å². The third-order valence-electron chi connectivity index (χ3n) is 3.98. The summed E-state index contributed by atoms with van der Waals surface area (Å²) < 4.78 is 2.74. The summed E-state index contributed by atoms with van der Waals surface area (Å²) in [7, 11) is 0. The highest BCUT2D eigenvalue weighted by atomic mass is 32.1. The molecule has 94 valence electrons. The van der Waals surface area contributed by atoms with Crippen LogP contribution in [0.5, 0.6) is 0 Å². The summed E-state index contributed by atoms with van der Waals surface area (Å²) in [4.78, 5) is 0. The standard InChI is InChI=1S/C18H10S2/c1-2-12-9-17-14(4-6-19-17)8-15(12)16-10-18-13(3-5-20-18)7-11(1)16/h1-10H. The molecule has 2 aromatic heterocycles. The van der Waals surface area contributed by atoms with Crippen LogP contribution in [-0.2, 0) is 0 Å². The molecule has 0 saturated heterocycles. The fourth-order valence-electron chi connectivity index (χ4n) is 2.97. The molecule has 0 N–H and O–H groups in total. The van der Waals surface area contributed by atoms with Gasteiger partial charge in [0.2, 0.25) is 0 Å². The maximum absolute atomic E-state index is 2.34. The van der Waals surface area contributed by atoms with E-state index in [4.69, 9.17) is 0 Å². The Kier molecular flexibility index (Phi) is 2.07. The normalized spacial score (nSPS) is 12.0. The van der Waals surface area contributed by atoms with Crippen molar-refractivity contribution >= 4 is 64.4 Å². The fourth-order valence-corrected chi connectivity index (χ4v) is 4.60. The zero-order valence-corrected chi connectivity index (χ0v) is 12.2. The van der Waals surface area contributed by atoms with Gasteiger partial charge in [0.05, 0.1) is 0 Å². The first kappa shape index (κ1) is 10.8. The van der Waals surface area contributed by atoms with Crippen LogP contribution in [0.2, 0.25) is 0 Å². The molecule has 20 heavy (non-hydrogen) atoms. The fraction of sp³-hybridized carbons (Fsp3) is 0. The van der Waals surface area contributed by atoms with E-state index in [1.54, 1.807) is 0 Å².